The molecule has 0 aliphatic carbocycles. The second-order valence-electron chi connectivity index (χ2n) is 13.8. The summed E-state index contributed by atoms with van der Waals surface area (Å²) in [6, 6.07) is 37.1. The first kappa shape index (κ1) is 38.0. The third-order valence-corrected chi connectivity index (χ3v) is 10.2. The van der Waals surface area contributed by atoms with Gasteiger partial charge in [-0.1, -0.05) is 115 Å². The van der Waals surface area contributed by atoms with Crippen molar-refractivity contribution in [2.75, 3.05) is 26.7 Å². The summed E-state index contributed by atoms with van der Waals surface area (Å²) in [5.74, 6) is -0.733. The van der Waals surface area contributed by atoms with Gasteiger partial charge in [0.05, 0.1) is 17.6 Å². The number of benzene rings is 4. The van der Waals surface area contributed by atoms with Crippen LogP contribution in [0.3, 0.4) is 0 Å². The quantitative estimate of drug-likeness (QED) is 0.106. The first-order valence-electron chi connectivity index (χ1n) is 17.5. The first-order chi connectivity index (χ1) is 23.5. The molecule has 1 aliphatic rings. The SMILES string of the molecule is CC(C)(C(=O)O)c1ccc(C(O)CCCN2CCC(C(O)(c3ccccc3)c3ccccc3)CC2)cc1.CN[C@@H](C)[C@@H](O)c1ccccc1. The van der Waals surface area contributed by atoms with Gasteiger partial charge >= 0.3 is 5.97 Å². The van der Waals surface area contributed by atoms with Crippen LogP contribution in [0.5, 0.6) is 0 Å². The van der Waals surface area contributed by atoms with Gasteiger partial charge in [-0.25, -0.2) is 0 Å². The molecule has 4 aromatic rings. The van der Waals surface area contributed by atoms with Gasteiger partial charge in [-0.15, -0.1) is 0 Å². The van der Waals surface area contributed by atoms with Gasteiger partial charge in [0.15, 0.2) is 0 Å². The Morgan fingerprint density at radius 3 is 1.73 bits per heavy atom. The van der Waals surface area contributed by atoms with Crippen molar-refractivity contribution in [2.24, 2.45) is 5.92 Å². The maximum absolute atomic E-state index is 12.1. The lowest BCUT2D eigenvalue weighted by molar-refractivity contribution is -0.142. The van der Waals surface area contributed by atoms with Gasteiger partial charge < -0.3 is 30.6 Å². The zero-order chi connectivity index (χ0) is 35.4. The average molecular weight is 667 g/mol. The second kappa shape index (κ2) is 17.7. The van der Waals surface area contributed by atoms with Crippen LogP contribution in [0, 0.1) is 5.92 Å². The van der Waals surface area contributed by atoms with Gasteiger partial charge in [0.1, 0.15) is 5.60 Å². The highest BCUT2D eigenvalue weighted by molar-refractivity contribution is 5.80. The van der Waals surface area contributed by atoms with E-state index in [1.165, 1.54) is 0 Å². The molecular weight excluding hydrogens is 612 g/mol. The van der Waals surface area contributed by atoms with E-state index in [4.69, 9.17) is 0 Å². The molecule has 7 heteroatoms. The molecule has 3 atom stereocenters. The van der Waals surface area contributed by atoms with Gasteiger partial charge in [0.2, 0.25) is 0 Å². The second-order valence-corrected chi connectivity index (χ2v) is 13.8. The fourth-order valence-corrected chi connectivity index (χ4v) is 6.61. The summed E-state index contributed by atoms with van der Waals surface area (Å²) >= 11 is 0. The van der Waals surface area contributed by atoms with E-state index in [-0.39, 0.29) is 12.0 Å². The summed E-state index contributed by atoms with van der Waals surface area (Å²) in [6.07, 6.45) is 2.35. The van der Waals surface area contributed by atoms with Crippen molar-refractivity contribution in [1.29, 1.82) is 0 Å². The Balaban J connectivity index is 0.000000380. The van der Waals surface area contributed by atoms with Gasteiger partial charge in [-0.2, -0.15) is 0 Å². The van der Waals surface area contributed by atoms with Crippen molar-refractivity contribution >= 4 is 5.97 Å². The Hall–Kier alpha value is -3.85. The standard InChI is InChI=1S/C32H39NO4.C10H15NO/c1-31(2,30(35)36)25-17-15-24(16-18-25)29(34)14-9-21-33-22-19-28(20-23-33)32(37,26-10-5-3-6-11-26)27-12-7-4-8-13-27;1-8(11-2)10(12)9-6-4-3-5-7-9/h3-8,10-13,15-18,28-29,34,37H,9,14,19-23H2,1-2H3,(H,35,36);3-8,10-12H,1-2H3/t;8-,10+/m.0/s1. The van der Waals surface area contributed by atoms with E-state index in [1.807, 2.05) is 117 Å². The molecule has 0 bridgehead atoms. The zero-order valence-electron chi connectivity index (χ0n) is 29.4. The fraction of sp³-hybridized carbons (Fsp3) is 0.405. The zero-order valence-corrected chi connectivity index (χ0v) is 29.4. The number of rotatable bonds is 13. The molecule has 5 rings (SSSR count). The number of nitrogens with one attached hydrogen (secondary N) is 1. The third kappa shape index (κ3) is 9.65. The Bertz CT molecular complexity index is 1500. The molecule has 0 saturated carbocycles. The summed E-state index contributed by atoms with van der Waals surface area (Å²) in [6.45, 7) is 8.07. The van der Waals surface area contributed by atoms with Crippen molar-refractivity contribution in [3.05, 3.63) is 143 Å². The number of nitrogens with zero attached hydrogens (tertiary/aromatic N) is 1. The highest BCUT2D eigenvalue weighted by Gasteiger charge is 2.41. The highest BCUT2D eigenvalue weighted by atomic mass is 16.4. The normalized spacial score (nSPS) is 16.2. The van der Waals surface area contributed by atoms with E-state index in [1.54, 1.807) is 26.0 Å². The van der Waals surface area contributed by atoms with Crippen LogP contribution in [0.1, 0.15) is 86.5 Å². The monoisotopic (exact) mass is 666 g/mol. The number of carboxylic acids is 1. The molecule has 0 radical (unpaired) electrons. The van der Waals surface area contributed by atoms with Gasteiger partial charge in [0, 0.05) is 6.04 Å². The maximum Gasteiger partial charge on any atom is 0.313 e. The summed E-state index contributed by atoms with van der Waals surface area (Å²) in [7, 11) is 1.84. The van der Waals surface area contributed by atoms with Gasteiger partial charge in [-0.3, -0.25) is 4.79 Å². The number of aliphatic hydroxyl groups is 3. The predicted octanol–water partition coefficient (Wildman–Crippen LogP) is 6.84. The molecular formula is C42H54N2O5. The lowest BCUT2D eigenvalue weighted by atomic mass is 9.72. The first-order valence-corrected chi connectivity index (χ1v) is 17.5. The minimum atomic E-state index is -1.01. The summed E-state index contributed by atoms with van der Waals surface area (Å²) in [5, 5.41) is 44.9. The number of carboxylic acid groups (broad SMARTS) is 1. The van der Waals surface area contributed by atoms with E-state index in [2.05, 4.69) is 10.2 Å². The van der Waals surface area contributed by atoms with Crippen LogP contribution >= 0.6 is 0 Å². The van der Waals surface area contributed by atoms with E-state index in [9.17, 15) is 25.2 Å². The fourth-order valence-electron chi connectivity index (χ4n) is 6.61. The molecule has 7 nitrogen and oxygen atoms in total. The predicted molar refractivity (Wildman–Crippen MR) is 196 cm³/mol. The molecule has 0 amide bonds. The Morgan fingerprint density at radius 1 is 0.776 bits per heavy atom. The summed E-state index contributed by atoms with van der Waals surface area (Å²) in [4.78, 5) is 13.9. The minimum Gasteiger partial charge on any atom is -0.481 e. The number of aliphatic hydroxyl groups excluding tert-OH is 2. The number of likely N-dealkylation sites (tertiary alicyclic amines) is 1. The van der Waals surface area contributed by atoms with E-state index in [0.717, 1.165) is 66.7 Å². The molecule has 262 valence electrons. The molecule has 49 heavy (non-hydrogen) atoms. The number of hydrogen-bond acceptors (Lipinski definition) is 6. The van der Waals surface area contributed by atoms with Crippen molar-refractivity contribution in [3.63, 3.8) is 0 Å². The van der Waals surface area contributed by atoms with Crippen LogP contribution in [0.15, 0.2) is 115 Å². The highest BCUT2D eigenvalue weighted by Crippen LogP contribution is 2.42. The van der Waals surface area contributed by atoms with Gasteiger partial charge in [0.25, 0.3) is 0 Å². The Morgan fingerprint density at radius 2 is 1.27 bits per heavy atom. The van der Waals surface area contributed by atoms with Crippen molar-refractivity contribution in [3.8, 4) is 0 Å². The van der Waals surface area contributed by atoms with E-state index in [0.29, 0.717) is 6.42 Å². The largest absolute Gasteiger partial charge is 0.481 e. The molecule has 1 fully saturated rings. The average Bonchev–Trinajstić information content (AvgIpc) is 3.15. The molecule has 5 N–H and O–H groups in total. The number of aliphatic carboxylic acids is 1. The van der Waals surface area contributed by atoms with Crippen molar-refractivity contribution in [2.45, 2.75) is 75.7 Å². The smallest absolute Gasteiger partial charge is 0.313 e. The molecule has 1 aliphatic heterocycles. The van der Waals surface area contributed by atoms with Crippen LogP contribution in [-0.2, 0) is 15.8 Å². The number of likely N-dealkylation sites (N-methyl/N-ethyl adjacent to an activating group) is 1. The topological polar surface area (TPSA) is 113 Å². The molecule has 1 saturated heterocycles. The summed E-state index contributed by atoms with van der Waals surface area (Å²) < 4.78 is 0. The number of hydrogen-bond donors (Lipinski definition) is 5. The Labute approximate surface area is 292 Å². The molecule has 1 heterocycles. The van der Waals surface area contributed by atoms with E-state index < -0.39 is 29.2 Å². The van der Waals surface area contributed by atoms with Crippen LogP contribution in [0.25, 0.3) is 0 Å². The third-order valence-electron chi connectivity index (χ3n) is 10.2. The molecule has 0 spiro atoms. The van der Waals surface area contributed by atoms with E-state index >= 15 is 0 Å². The maximum atomic E-state index is 12.1. The Kier molecular flexibility index (Phi) is 13.7. The lowest BCUT2D eigenvalue weighted by Gasteiger charge is -2.42. The van der Waals surface area contributed by atoms with Gasteiger partial charge in [-0.05, 0) is 107 Å². The van der Waals surface area contributed by atoms with Crippen LogP contribution in [-0.4, -0.2) is 64.0 Å². The number of carbonyl (C=O) groups is 1. The minimum absolute atomic E-state index is 0.0902. The summed E-state index contributed by atoms with van der Waals surface area (Å²) in [5.41, 5.74) is 2.43. The van der Waals surface area contributed by atoms with Crippen LogP contribution in [0.2, 0.25) is 0 Å². The number of piperidine rings is 1. The molecule has 1 unspecified atom stereocenters. The molecule has 0 aromatic heterocycles. The van der Waals surface area contributed by atoms with Crippen LogP contribution in [0.4, 0.5) is 0 Å². The molecule has 4 aromatic carbocycles. The lowest BCUT2D eigenvalue weighted by Crippen LogP contribution is -2.44. The van der Waals surface area contributed by atoms with Crippen LogP contribution < -0.4 is 5.32 Å². The van der Waals surface area contributed by atoms with Crippen molar-refractivity contribution < 1.29 is 25.2 Å². The van der Waals surface area contributed by atoms with Crippen molar-refractivity contribution in [1.82, 2.24) is 10.2 Å².